The Morgan fingerprint density at radius 1 is 1.00 bits per heavy atom. The van der Waals surface area contributed by atoms with Crippen molar-refractivity contribution < 1.29 is 14.3 Å². The number of carbonyl (C=O) groups is 1. The molecular formula is C22H31IN4O3. The van der Waals surface area contributed by atoms with Crippen molar-refractivity contribution >= 4 is 35.8 Å². The van der Waals surface area contributed by atoms with E-state index in [9.17, 15) is 4.79 Å². The molecule has 0 spiro atoms. The summed E-state index contributed by atoms with van der Waals surface area (Å²) in [5.41, 5.74) is 2.23. The summed E-state index contributed by atoms with van der Waals surface area (Å²) in [6.07, 6.45) is 0. The van der Waals surface area contributed by atoms with E-state index < -0.39 is 0 Å². The summed E-state index contributed by atoms with van der Waals surface area (Å²) in [6, 6.07) is 15.6. The number of rotatable bonds is 10. The third-order valence-corrected chi connectivity index (χ3v) is 4.01. The molecule has 8 heteroatoms. The predicted molar refractivity (Wildman–Crippen MR) is 131 cm³/mol. The fourth-order valence-corrected chi connectivity index (χ4v) is 2.52. The van der Waals surface area contributed by atoms with Gasteiger partial charge >= 0.3 is 0 Å². The molecule has 0 aliphatic carbocycles. The fourth-order valence-electron chi connectivity index (χ4n) is 2.52. The monoisotopic (exact) mass is 526 g/mol. The number of aryl methyl sites for hydroxylation is 1. The van der Waals surface area contributed by atoms with Gasteiger partial charge < -0.3 is 25.4 Å². The molecule has 2 aromatic rings. The quantitative estimate of drug-likeness (QED) is 0.192. The number of carbonyl (C=O) groups excluding carboxylic acids is 1. The largest absolute Gasteiger partial charge is 0.492 e. The average molecular weight is 526 g/mol. The van der Waals surface area contributed by atoms with Gasteiger partial charge in [0.1, 0.15) is 18.1 Å². The molecule has 0 aliphatic rings. The Morgan fingerprint density at radius 2 is 1.77 bits per heavy atom. The van der Waals surface area contributed by atoms with E-state index in [2.05, 4.69) is 20.9 Å². The number of nitrogens with zero attached hydrogens (tertiary/aromatic N) is 1. The van der Waals surface area contributed by atoms with E-state index in [1.807, 2.05) is 62.4 Å². The minimum absolute atomic E-state index is 0. The summed E-state index contributed by atoms with van der Waals surface area (Å²) in [4.78, 5) is 15.7. The van der Waals surface area contributed by atoms with Gasteiger partial charge in [-0.2, -0.15) is 0 Å². The van der Waals surface area contributed by atoms with Crippen molar-refractivity contribution in [1.29, 1.82) is 0 Å². The molecule has 7 nitrogen and oxygen atoms in total. The summed E-state index contributed by atoms with van der Waals surface area (Å²) >= 11 is 0. The number of hydrogen-bond donors (Lipinski definition) is 3. The van der Waals surface area contributed by atoms with Gasteiger partial charge in [-0.1, -0.05) is 29.8 Å². The Labute approximate surface area is 195 Å². The Bertz CT molecular complexity index is 797. The Hall–Kier alpha value is -2.49. The molecule has 0 aromatic heterocycles. The zero-order valence-electron chi connectivity index (χ0n) is 17.7. The predicted octanol–water partition coefficient (Wildman–Crippen LogP) is 2.87. The SMILES string of the molecule is CCNC(=O)COc1cccc(CNC(=NC)NCCOc2ccc(C)cc2)c1.I. The zero-order valence-corrected chi connectivity index (χ0v) is 20.1. The summed E-state index contributed by atoms with van der Waals surface area (Å²) in [7, 11) is 1.72. The highest BCUT2D eigenvalue weighted by Gasteiger charge is 2.03. The van der Waals surface area contributed by atoms with E-state index in [1.165, 1.54) is 5.56 Å². The number of nitrogens with one attached hydrogen (secondary N) is 3. The molecule has 0 aliphatic heterocycles. The Balaban J connectivity index is 0.00000450. The summed E-state index contributed by atoms with van der Waals surface area (Å²) in [6.45, 7) is 6.27. The van der Waals surface area contributed by atoms with Crippen LogP contribution in [0.2, 0.25) is 0 Å². The first-order chi connectivity index (χ1) is 14.1. The third-order valence-electron chi connectivity index (χ3n) is 4.01. The van der Waals surface area contributed by atoms with Crippen molar-refractivity contribution in [1.82, 2.24) is 16.0 Å². The van der Waals surface area contributed by atoms with Gasteiger partial charge in [0.25, 0.3) is 5.91 Å². The van der Waals surface area contributed by atoms with Gasteiger partial charge in [-0.25, -0.2) is 0 Å². The first-order valence-electron chi connectivity index (χ1n) is 9.73. The molecule has 0 saturated heterocycles. The molecule has 1 amide bonds. The molecule has 0 radical (unpaired) electrons. The summed E-state index contributed by atoms with van der Waals surface area (Å²) in [5.74, 6) is 2.06. The number of guanidine groups is 1. The molecular weight excluding hydrogens is 495 g/mol. The number of hydrogen-bond acceptors (Lipinski definition) is 4. The van der Waals surface area contributed by atoms with Gasteiger partial charge in [0.2, 0.25) is 0 Å². The molecule has 2 aromatic carbocycles. The average Bonchev–Trinajstić information content (AvgIpc) is 2.73. The van der Waals surface area contributed by atoms with Crippen molar-refractivity contribution in [3.05, 3.63) is 59.7 Å². The fraction of sp³-hybridized carbons (Fsp3) is 0.364. The van der Waals surface area contributed by atoms with Crippen LogP contribution in [0.3, 0.4) is 0 Å². The van der Waals surface area contributed by atoms with E-state index in [1.54, 1.807) is 7.05 Å². The molecule has 0 saturated carbocycles. The van der Waals surface area contributed by atoms with Crippen LogP contribution >= 0.6 is 24.0 Å². The number of amides is 1. The summed E-state index contributed by atoms with van der Waals surface area (Å²) < 4.78 is 11.2. The minimum Gasteiger partial charge on any atom is -0.492 e. The second-order valence-electron chi connectivity index (χ2n) is 6.40. The maximum Gasteiger partial charge on any atom is 0.257 e. The van der Waals surface area contributed by atoms with Crippen molar-refractivity contribution in [2.24, 2.45) is 4.99 Å². The second kappa shape index (κ2) is 14.5. The van der Waals surface area contributed by atoms with Gasteiger partial charge in [-0.3, -0.25) is 9.79 Å². The number of aliphatic imine (C=N–C) groups is 1. The van der Waals surface area contributed by atoms with E-state index >= 15 is 0 Å². The number of benzene rings is 2. The third kappa shape index (κ3) is 9.82. The van der Waals surface area contributed by atoms with Crippen LogP contribution in [0.15, 0.2) is 53.5 Å². The van der Waals surface area contributed by atoms with Crippen molar-refractivity contribution in [3.63, 3.8) is 0 Å². The highest BCUT2D eigenvalue weighted by molar-refractivity contribution is 14.0. The highest BCUT2D eigenvalue weighted by Crippen LogP contribution is 2.13. The lowest BCUT2D eigenvalue weighted by Crippen LogP contribution is -2.38. The van der Waals surface area contributed by atoms with Crippen LogP contribution in [-0.4, -0.2) is 45.2 Å². The Kier molecular flexibility index (Phi) is 12.3. The van der Waals surface area contributed by atoms with Crippen LogP contribution in [0.5, 0.6) is 11.5 Å². The molecule has 0 heterocycles. The first kappa shape index (κ1) is 25.5. The number of likely N-dealkylation sites (N-methyl/N-ethyl adjacent to an activating group) is 1. The molecule has 0 unspecified atom stereocenters. The van der Waals surface area contributed by atoms with Gasteiger partial charge in [-0.15, -0.1) is 24.0 Å². The van der Waals surface area contributed by atoms with Crippen LogP contribution in [0, 0.1) is 6.92 Å². The lowest BCUT2D eigenvalue weighted by atomic mass is 10.2. The lowest BCUT2D eigenvalue weighted by molar-refractivity contribution is -0.122. The maximum atomic E-state index is 11.5. The zero-order chi connectivity index (χ0) is 20.9. The highest BCUT2D eigenvalue weighted by atomic mass is 127. The molecule has 0 atom stereocenters. The van der Waals surface area contributed by atoms with Crippen LogP contribution < -0.4 is 25.4 Å². The second-order valence-corrected chi connectivity index (χ2v) is 6.40. The van der Waals surface area contributed by atoms with E-state index in [4.69, 9.17) is 9.47 Å². The molecule has 3 N–H and O–H groups in total. The van der Waals surface area contributed by atoms with Crippen LogP contribution in [-0.2, 0) is 11.3 Å². The molecule has 30 heavy (non-hydrogen) atoms. The van der Waals surface area contributed by atoms with Crippen LogP contribution in [0.4, 0.5) is 0 Å². The number of halogens is 1. The van der Waals surface area contributed by atoms with Crippen molar-refractivity contribution in [2.45, 2.75) is 20.4 Å². The molecule has 164 valence electrons. The van der Waals surface area contributed by atoms with Crippen LogP contribution in [0.25, 0.3) is 0 Å². The Morgan fingerprint density at radius 3 is 2.47 bits per heavy atom. The molecule has 2 rings (SSSR count). The first-order valence-corrected chi connectivity index (χ1v) is 9.73. The van der Waals surface area contributed by atoms with Gasteiger partial charge in [0.05, 0.1) is 6.54 Å². The lowest BCUT2D eigenvalue weighted by Gasteiger charge is -2.13. The summed E-state index contributed by atoms with van der Waals surface area (Å²) in [5, 5.41) is 9.18. The normalized spacial score (nSPS) is 10.6. The van der Waals surface area contributed by atoms with E-state index in [-0.39, 0.29) is 36.5 Å². The van der Waals surface area contributed by atoms with E-state index in [0.29, 0.717) is 38.0 Å². The standard InChI is InChI=1S/C22H30N4O3.HI/c1-4-24-21(27)16-29-20-7-5-6-18(14-20)15-26-22(23-3)25-12-13-28-19-10-8-17(2)9-11-19;/h5-11,14H,4,12-13,15-16H2,1-3H3,(H,24,27)(H2,23,25,26);1H. The maximum absolute atomic E-state index is 11.5. The molecule has 0 bridgehead atoms. The minimum atomic E-state index is -0.131. The van der Waals surface area contributed by atoms with Crippen molar-refractivity contribution in [3.8, 4) is 11.5 Å². The van der Waals surface area contributed by atoms with Crippen molar-refractivity contribution in [2.75, 3.05) is 33.4 Å². The van der Waals surface area contributed by atoms with Gasteiger partial charge in [-0.05, 0) is 43.7 Å². The topological polar surface area (TPSA) is 84.0 Å². The van der Waals surface area contributed by atoms with Gasteiger partial charge in [0, 0.05) is 20.1 Å². The van der Waals surface area contributed by atoms with E-state index in [0.717, 1.165) is 11.3 Å². The number of ether oxygens (including phenoxy) is 2. The van der Waals surface area contributed by atoms with Crippen LogP contribution in [0.1, 0.15) is 18.1 Å². The smallest absolute Gasteiger partial charge is 0.257 e. The molecule has 0 fully saturated rings. The van der Waals surface area contributed by atoms with Gasteiger partial charge in [0.15, 0.2) is 12.6 Å².